The Morgan fingerprint density at radius 2 is 1.91 bits per heavy atom. The molecule has 0 radical (unpaired) electrons. The SMILES string of the molecule is COC(=O)C1=CC(CCCO)=CC(C2CC2)N(Cc2ccc([N+](=O)[O-])o2)C=C1C(=O)OC. The van der Waals surface area contributed by atoms with Gasteiger partial charge in [-0.15, -0.1) is 0 Å². The summed E-state index contributed by atoms with van der Waals surface area (Å²) in [5.41, 5.74) is 0.829. The normalized spacial score (nSPS) is 18.7. The monoisotopic (exact) mass is 446 g/mol. The van der Waals surface area contributed by atoms with Crippen LogP contribution in [0.5, 0.6) is 0 Å². The van der Waals surface area contributed by atoms with Crippen LogP contribution in [-0.4, -0.2) is 53.7 Å². The van der Waals surface area contributed by atoms with E-state index in [0.29, 0.717) is 24.5 Å². The lowest BCUT2D eigenvalue weighted by Crippen LogP contribution is -2.33. The molecule has 1 aromatic heterocycles. The molecular weight excluding hydrogens is 420 g/mol. The first kappa shape index (κ1) is 23.3. The van der Waals surface area contributed by atoms with Gasteiger partial charge >= 0.3 is 17.8 Å². The lowest BCUT2D eigenvalue weighted by Gasteiger charge is -2.31. The Morgan fingerprint density at radius 3 is 2.47 bits per heavy atom. The van der Waals surface area contributed by atoms with Gasteiger partial charge in [0.2, 0.25) is 0 Å². The van der Waals surface area contributed by atoms with E-state index in [-0.39, 0.29) is 36.2 Å². The highest BCUT2D eigenvalue weighted by Crippen LogP contribution is 2.39. The van der Waals surface area contributed by atoms with E-state index in [0.717, 1.165) is 18.4 Å². The van der Waals surface area contributed by atoms with E-state index in [1.54, 1.807) is 6.08 Å². The maximum Gasteiger partial charge on any atom is 0.433 e. The standard InChI is InChI=1S/C22H26N2O8/c1-30-21(26)17-10-14(4-3-9-25)11-19(15-5-6-15)23(13-18(17)22(27)31-2)12-16-7-8-20(32-16)24(28)29/h7-8,10-11,13,15,19,25H,3-6,9,12H2,1-2H3. The number of carbonyl (C=O) groups is 2. The summed E-state index contributed by atoms with van der Waals surface area (Å²) in [5, 5.41) is 20.3. The summed E-state index contributed by atoms with van der Waals surface area (Å²) in [6, 6.07) is 2.65. The van der Waals surface area contributed by atoms with E-state index < -0.39 is 16.9 Å². The van der Waals surface area contributed by atoms with Gasteiger partial charge in [-0.1, -0.05) is 6.08 Å². The molecule has 1 aliphatic heterocycles. The molecule has 0 aromatic carbocycles. The molecule has 10 nitrogen and oxygen atoms in total. The molecule has 1 fully saturated rings. The van der Waals surface area contributed by atoms with E-state index in [1.165, 1.54) is 32.6 Å². The van der Waals surface area contributed by atoms with Crippen molar-refractivity contribution < 1.29 is 33.5 Å². The first-order valence-electron chi connectivity index (χ1n) is 10.3. The van der Waals surface area contributed by atoms with Crippen molar-refractivity contribution in [1.82, 2.24) is 4.90 Å². The second-order valence-corrected chi connectivity index (χ2v) is 7.65. The summed E-state index contributed by atoms with van der Waals surface area (Å²) in [4.78, 5) is 37.4. The van der Waals surface area contributed by atoms with Crippen molar-refractivity contribution in [2.45, 2.75) is 38.3 Å². The van der Waals surface area contributed by atoms with Crippen molar-refractivity contribution in [2.75, 3.05) is 20.8 Å². The second kappa shape index (κ2) is 10.3. The molecule has 1 saturated carbocycles. The number of aliphatic hydroxyl groups is 1. The zero-order valence-electron chi connectivity index (χ0n) is 18.0. The predicted molar refractivity (Wildman–Crippen MR) is 112 cm³/mol. The van der Waals surface area contributed by atoms with Crippen LogP contribution in [0.2, 0.25) is 0 Å². The van der Waals surface area contributed by atoms with Crippen molar-refractivity contribution in [1.29, 1.82) is 0 Å². The number of hydrogen-bond donors (Lipinski definition) is 1. The number of carbonyl (C=O) groups excluding carboxylic acids is 2. The number of ether oxygens (including phenoxy) is 2. The average Bonchev–Trinajstić information content (AvgIpc) is 3.50. The quantitative estimate of drug-likeness (QED) is 0.345. The first-order chi connectivity index (χ1) is 15.4. The number of allylic oxidation sites excluding steroid dienone is 2. The van der Waals surface area contributed by atoms with Crippen LogP contribution in [0.25, 0.3) is 0 Å². The number of nitro groups is 1. The van der Waals surface area contributed by atoms with Crippen LogP contribution >= 0.6 is 0 Å². The van der Waals surface area contributed by atoms with E-state index in [9.17, 15) is 24.8 Å². The fourth-order valence-electron chi connectivity index (χ4n) is 3.66. The van der Waals surface area contributed by atoms with Gasteiger partial charge in [-0.25, -0.2) is 9.59 Å². The summed E-state index contributed by atoms with van der Waals surface area (Å²) >= 11 is 0. The Morgan fingerprint density at radius 1 is 1.22 bits per heavy atom. The average molecular weight is 446 g/mol. The van der Waals surface area contributed by atoms with Gasteiger partial charge in [-0.05, 0) is 49.3 Å². The Labute approximate surface area is 184 Å². The predicted octanol–water partition coefficient (Wildman–Crippen LogP) is 2.64. The first-order valence-corrected chi connectivity index (χ1v) is 10.3. The summed E-state index contributed by atoms with van der Waals surface area (Å²) in [6.45, 7) is 0.125. The van der Waals surface area contributed by atoms with Crippen LogP contribution < -0.4 is 0 Å². The van der Waals surface area contributed by atoms with Gasteiger partial charge in [-0.2, -0.15) is 0 Å². The van der Waals surface area contributed by atoms with Crippen molar-refractivity contribution in [2.24, 2.45) is 5.92 Å². The van der Waals surface area contributed by atoms with Gasteiger partial charge in [0, 0.05) is 12.8 Å². The zero-order valence-corrected chi connectivity index (χ0v) is 18.0. The van der Waals surface area contributed by atoms with Gasteiger partial charge in [0.05, 0.1) is 44.0 Å². The molecule has 0 amide bonds. The van der Waals surface area contributed by atoms with Gasteiger partial charge in [0.1, 0.15) is 10.7 Å². The Balaban J connectivity index is 2.10. The molecule has 0 saturated heterocycles. The van der Waals surface area contributed by atoms with Crippen molar-refractivity contribution >= 4 is 17.8 Å². The van der Waals surface area contributed by atoms with Crippen LogP contribution in [0.3, 0.4) is 0 Å². The third-order valence-corrected chi connectivity index (χ3v) is 5.39. The number of esters is 2. The zero-order chi connectivity index (χ0) is 23.3. The highest BCUT2D eigenvalue weighted by molar-refractivity contribution is 6.07. The number of furan rings is 1. The molecule has 0 spiro atoms. The van der Waals surface area contributed by atoms with Crippen molar-refractivity contribution in [3.8, 4) is 0 Å². The van der Waals surface area contributed by atoms with E-state index in [1.807, 2.05) is 11.0 Å². The molecular formula is C22H26N2O8. The molecule has 32 heavy (non-hydrogen) atoms. The lowest BCUT2D eigenvalue weighted by molar-refractivity contribution is -0.402. The fraction of sp³-hybridized carbons (Fsp3) is 0.455. The van der Waals surface area contributed by atoms with Crippen LogP contribution in [0.15, 0.2) is 51.6 Å². The van der Waals surface area contributed by atoms with Crippen molar-refractivity contribution in [3.63, 3.8) is 0 Å². The maximum absolute atomic E-state index is 12.6. The number of rotatable bonds is 9. The molecule has 1 unspecified atom stereocenters. The van der Waals surface area contributed by atoms with E-state index in [4.69, 9.17) is 13.9 Å². The highest BCUT2D eigenvalue weighted by atomic mass is 16.6. The van der Waals surface area contributed by atoms with Crippen LogP contribution in [0, 0.1) is 16.0 Å². The van der Waals surface area contributed by atoms with Gasteiger partial charge < -0.3 is 23.9 Å². The molecule has 1 aromatic rings. The van der Waals surface area contributed by atoms with Crippen LogP contribution in [-0.2, 0) is 25.6 Å². The molecule has 172 valence electrons. The van der Waals surface area contributed by atoms with Crippen LogP contribution in [0.1, 0.15) is 31.4 Å². The lowest BCUT2D eigenvalue weighted by atomic mass is 9.95. The number of aliphatic hydroxyl groups excluding tert-OH is 1. The summed E-state index contributed by atoms with van der Waals surface area (Å²) in [6.07, 6.45) is 8.10. The Kier molecular flexibility index (Phi) is 7.47. The third-order valence-electron chi connectivity index (χ3n) is 5.39. The van der Waals surface area contributed by atoms with Gasteiger partial charge in [0.25, 0.3) is 0 Å². The van der Waals surface area contributed by atoms with Crippen LogP contribution in [0.4, 0.5) is 5.88 Å². The largest absolute Gasteiger partial charge is 0.465 e. The molecule has 1 N–H and O–H groups in total. The smallest absolute Gasteiger partial charge is 0.433 e. The van der Waals surface area contributed by atoms with Gasteiger partial charge in [0.15, 0.2) is 0 Å². The molecule has 2 heterocycles. The van der Waals surface area contributed by atoms with Crippen molar-refractivity contribution in [3.05, 3.63) is 63.1 Å². The van der Waals surface area contributed by atoms with E-state index >= 15 is 0 Å². The summed E-state index contributed by atoms with van der Waals surface area (Å²) < 4.78 is 15.1. The molecule has 1 atom stereocenters. The number of methoxy groups -OCH3 is 2. The Hall–Kier alpha value is -3.40. The fourth-order valence-corrected chi connectivity index (χ4v) is 3.66. The topological polar surface area (TPSA) is 132 Å². The molecule has 3 rings (SSSR count). The minimum absolute atomic E-state index is 0.0145. The second-order valence-electron chi connectivity index (χ2n) is 7.65. The number of hydrogen-bond acceptors (Lipinski definition) is 9. The maximum atomic E-state index is 12.6. The summed E-state index contributed by atoms with van der Waals surface area (Å²) in [7, 11) is 2.44. The number of nitrogens with zero attached hydrogens (tertiary/aromatic N) is 2. The third kappa shape index (κ3) is 5.44. The minimum Gasteiger partial charge on any atom is -0.465 e. The molecule has 0 bridgehead atoms. The molecule has 10 heteroatoms. The Bertz CT molecular complexity index is 970. The summed E-state index contributed by atoms with van der Waals surface area (Å²) in [5.74, 6) is -1.13. The van der Waals surface area contributed by atoms with E-state index in [2.05, 4.69) is 0 Å². The molecule has 2 aliphatic rings. The minimum atomic E-state index is -0.713. The highest BCUT2D eigenvalue weighted by Gasteiger charge is 2.36. The molecule has 1 aliphatic carbocycles. The van der Waals surface area contributed by atoms with Gasteiger partial charge in [-0.3, -0.25) is 10.1 Å².